The van der Waals surface area contributed by atoms with Crippen molar-refractivity contribution < 1.29 is 13.2 Å². The minimum absolute atomic E-state index is 0.189. The number of rotatable bonds is 6. The van der Waals surface area contributed by atoms with Crippen LogP contribution in [-0.4, -0.2) is 43.2 Å². The van der Waals surface area contributed by atoms with Gasteiger partial charge in [-0.15, -0.1) is 0 Å². The number of primary amides is 1. The average molecular weight is 326 g/mol. The molecular formula is C14H22N4O3S. The summed E-state index contributed by atoms with van der Waals surface area (Å²) in [6.07, 6.45) is 3.14. The molecule has 22 heavy (non-hydrogen) atoms. The van der Waals surface area contributed by atoms with Crippen LogP contribution in [0.3, 0.4) is 0 Å². The number of sulfonamides is 1. The van der Waals surface area contributed by atoms with Crippen LogP contribution in [-0.2, 0) is 14.8 Å². The molecule has 0 aliphatic carbocycles. The molecule has 8 heteroatoms. The van der Waals surface area contributed by atoms with E-state index in [1.165, 1.54) is 16.6 Å². The summed E-state index contributed by atoms with van der Waals surface area (Å²) in [4.78, 5) is 15.6. The quantitative estimate of drug-likeness (QED) is 0.804. The highest BCUT2D eigenvalue weighted by Crippen LogP contribution is 2.21. The smallest absolute Gasteiger partial charge is 0.244 e. The van der Waals surface area contributed by atoms with Crippen LogP contribution in [0.15, 0.2) is 23.2 Å². The van der Waals surface area contributed by atoms with Crippen LogP contribution < -0.4 is 11.1 Å². The Morgan fingerprint density at radius 3 is 2.50 bits per heavy atom. The summed E-state index contributed by atoms with van der Waals surface area (Å²) >= 11 is 0. The van der Waals surface area contributed by atoms with E-state index in [4.69, 9.17) is 5.73 Å². The Morgan fingerprint density at radius 1 is 1.36 bits per heavy atom. The molecule has 1 saturated heterocycles. The lowest BCUT2D eigenvalue weighted by Crippen LogP contribution is -2.37. The van der Waals surface area contributed by atoms with Crippen molar-refractivity contribution in [1.82, 2.24) is 9.29 Å². The van der Waals surface area contributed by atoms with Crippen LogP contribution in [0, 0.1) is 5.41 Å². The molecule has 1 aromatic heterocycles. The highest BCUT2D eigenvalue weighted by atomic mass is 32.2. The van der Waals surface area contributed by atoms with Crippen LogP contribution in [0.1, 0.15) is 26.7 Å². The number of nitrogens with zero attached hydrogens (tertiary/aromatic N) is 2. The number of nitrogens with one attached hydrogen (secondary N) is 1. The molecule has 2 heterocycles. The minimum Gasteiger partial charge on any atom is -0.369 e. The maximum absolute atomic E-state index is 12.4. The fourth-order valence-corrected chi connectivity index (χ4v) is 3.58. The van der Waals surface area contributed by atoms with E-state index in [2.05, 4.69) is 10.3 Å². The maximum Gasteiger partial charge on any atom is 0.244 e. The largest absolute Gasteiger partial charge is 0.369 e. The summed E-state index contributed by atoms with van der Waals surface area (Å²) in [6, 6.07) is 3.13. The van der Waals surface area contributed by atoms with Crippen LogP contribution in [0.25, 0.3) is 0 Å². The zero-order chi connectivity index (χ0) is 16.4. The summed E-state index contributed by atoms with van der Waals surface area (Å²) in [6.45, 7) is 4.92. The molecule has 0 atom stereocenters. The lowest BCUT2D eigenvalue weighted by Gasteiger charge is -2.21. The first-order valence-electron chi connectivity index (χ1n) is 7.23. The van der Waals surface area contributed by atoms with E-state index in [0.29, 0.717) is 25.5 Å². The summed E-state index contributed by atoms with van der Waals surface area (Å²) in [7, 11) is -3.44. The monoisotopic (exact) mass is 326 g/mol. The lowest BCUT2D eigenvalue weighted by atomic mass is 9.93. The van der Waals surface area contributed by atoms with Gasteiger partial charge in [0.15, 0.2) is 0 Å². The minimum atomic E-state index is -3.44. The Morgan fingerprint density at radius 2 is 2.00 bits per heavy atom. The fourth-order valence-electron chi connectivity index (χ4n) is 2.11. The Labute approximate surface area is 131 Å². The van der Waals surface area contributed by atoms with E-state index in [0.717, 1.165) is 12.8 Å². The molecule has 1 aliphatic rings. The molecule has 0 bridgehead atoms. The first-order chi connectivity index (χ1) is 10.2. The molecule has 0 radical (unpaired) electrons. The van der Waals surface area contributed by atoms with E-state index in [9.17, 15) is 13.2 Å². The summed E-state index contributed by atoms with van der Waals surface area (Å²) in [5.74, 6) is 0.0999. The molecule has 1 aromatic rings. The van der Waals surface area contributed by atoms with E-state index in [1.807, 2.05) is 0 Å². The summed E-state index contributed by atoms with van der Waals surface area (Å²) in [5, 5.41) is 2.99. The highest BCUT2D eigenvalue weighted by molar-refractivity contribution is 7.89. The average Bonchev–Trinajstić information content (AvgIpc) is 3.00. The molecule has 0 saturated carbocycles. The second kappa shape index (κ2) is 6.21. The van der Waals surface area contributed by atoms with Crippen LogP contribution in [0.4, 0.5) is 5.82 Å². The Kier molecular flexibility index (Phi) is 4.72. The van der Waals surface area contributed by atoms with E-state index in [-0.39, 0.29) is 4.90 Å². The van der Waals surface area contributed by atoms with Crippen LogP contribution in [0.2, 0.25) is 0 Å². The van der Waals surface area contributed by atoms with Gasteiger partial charge in [-0.05, 0) is 38.8 Å². The molecule has 1 amide bonds. The third-order valence-electron chi connectivity index (χ3n) is 3.82. The third kappa shape index (κ3) is 3.56. The van der Waals surface area contributed by atoms with Gasteiger partial charge in [0.2, 0.25) is 15.9 Å². The maximum atomic E-state index is 12.4. The van der Waals surface area contributed by atoms with Gasteiger partial charge in [-0.1, -0.05) is 0 Å². The molecular weight excluding hydrogens is 304 g/mol. The molecule has 2 rings (SSSR count). The molecule has 0 spiro atoms. The number of hydrogen-bond donors (Lipinski definition) is 2. The topological polar surface area (TPSA) is 105 Å². The van der Waals surface area contributed by atoms with E-state index in [1.54, 1.807) is 19.9 Å². The van der Waals surface area contributed by atoms with Gasteiger partial charge in [0.05, 0.1) is 5.41 Å². The molecule has 1 aliphatic heterocycles. The number of aromatic nitrogens is 1. The third-order valence-corrected chi connectivity index (χ3v) is 5.70. The van der Waals surface area contributed by atoms with E-state index >= 15 is 0 Å². The summed E-state index contributed by atoms with van der Waals surface area (Å²) in [5.41, 5.74) is 4.59. The Hall–Kier alpha value is -1.67. The van der Waals surface area contributed by atoms with Crippen LogP contribution in [0.5, 0.6) is 0 Å². The molecule has 122 valence electrons. The Bertz CT molecular complexity index is 635. The van der Waals surface area contributed by atoms with Crippen molar-refractivity contribution in [1.29, 1.82) is 0 Å². The number of carbonyl (C=O) groups excluding carboxylic acids is 1. The standard InChI is InChI=1S/C14H22N4O3S/c1-14(2,13(15)19)10-17-12-6-5-11(9-16-12)22(20,21)18-7-3-4-8-18/h5-6,9H,3-4,7-8,10H2,1-2H3,(H2,15,19)(H,16,17). The van der Waals surface area contributed by atoms with Crippen molar-refractivity contribution in [3.63, 3.8) is 0 Å². The number of carbonyl (C=O) groups is 1. The molecule has 7 nitrogen and oxygen atoms in total. The number of amides is 1. The van der Waals surface area contributed by atoms with E-state index < -0.39 is 21.3 Å². The van der Waals surface area contributed by atoms with Gasteiger partial charge in [0.25, 0.3) is 0 Å². The zero-order valence-corrected chi connectivity index (χ0v) is 13.7. The van der Waals surface area contributed by atoms with Crippen molar-refractivity contribution in [3.8, 4) is 0 Å². The predicted octanol–water partition coefficient (Wildman–Crippen LogP) is 0.789. The van der Waals surface area contributed by atoms with Crippen molar-refractivity contribution in [2.45, 2.75) is 31.6 Å². The van der Waals surface area contributed by atoms with Gasteiger partial charge in [-0.2, -0.15) is 4.31 Å². The Balaban J connectivity index is 2.06. The van der Waals surface area contributed by atoms with Gasteiger partial charge in [-0.25, -0.2) is 13.4 Å². The van der Waals surface area contributed by atoms with Crippen molar-refractivity contribution in [2.75, 3.05) is 25.0 Å². The van der Waals surface area contributed by atoms with Gasteiger partial charge in [0.1, 0.15) is 10.7 Å². The first-order valence-corrected chi connectivity index (χ1v) is 8.67. The second-order valence-electron chi connectivity index (χ2n) is 6.09. The number of pyridine rings is 1. The normalized spacial score (nSPS) is 16.6. The number of anilines is 1. The zero-order valence-electron chi connectivity index (χ0n) is 12.9. The molecule has 1 fully saturated rings. The van der Waals surface area contributed by atoms with Crippen molar-refractivity contribution in [2.24, 2.45) is 11.1 Å². The van der Waals surface area contributed by atoms with Gasteiger partial charge in [-0.3, -0.25) is 4.79 Å². The highest BCUT2D eigenvalue weighted by Gasteiger charge is 2.28. The molecule has 3 N–H and O–H groups in total. The van der Waals surface area contributed by atoms with Gasteiger partial charge in [0, 0.05) is 25.8 Å². The van der Waals surface area contributed by atoms with Gasteiger partial charge < -0.3 is 11.1 Å². The number of hydrogen-bond acceptors (Lipinski definition) is 5. The fraction of sp³-hybridized carbons (Fsp3) is 0.571. The first kappa shape index (κ1) is 16.7. The molecule has 0 unspecified atom stereocenters. The number of nitrogens with two attached hydrogens (primary N) is 1. The molecule has 0 aromatic carbocycles. The van der Waals surface area contributed by atoms with Crippen molar-refractivity contribution in [3.05, 3.63) is 18.3 Å². The van der Waals surface area contributed by atoms with Crippen LogP contribution >= 0.6 is 0 Å². The van der Waals surface area contributed by atoms with Crippen molar-refractivity contribution >= 4 is 21.7 Å². The predicted molar refractivity (Wildman–Crippen MR) is 83.7 cm³/mol. The summed E-state index contributed by atoms with van der Waals surface area (Å²) < 4.78 is 26.2. The second-order valence-corrected chi connectivity index (χ2v) is 8.03. The lowest BCUT2D eigenvalue weighted by molar-refractivity contribution is -0.125. The van der Waals surface area contributed by atoms with Gasteiger partial charge >= 0.3 is 0 Å². The SMILES string of the molecule is CC(C)(CNc1ccc(S(=O)(=O)N2CCCC2)cn1)C(N)=O.